The zero-order valence-electron chi connectivity index (χ0n) is 23.5. The van der Waals surface area contributed by atoms with Crippen LogP contribution in [0, 0.1) is 5.92 Å². The number of carbonyl (C=O) groups excluding carboxylic acids is 4. The summed E-state index contributed by atoms with van der Waals surface area (Å²) >= 11 is 5.67. The highest BCUT2D eigenvalue weighted by atomic mass is 35.5. The zero-order chi connectivity index (χ0) is 34.3. The molecule has 3 unspecified atom stereocenters. The van der Waals surface area contributed by atoms with Gasteiger partial charge in [0.15, 0.2) is 0 Å². The average molecular weight is 676 g/mol. The number of alkyl halides is 8. The van der Waals surface area contributed by atoms with Crippen LogP contribution in [0.25, 0.3) is 0 Å². The molecule has 9 nitrogen and oxygen atoms in total. The molecule has 3 N–H and O–H groups in total. The van der Waals surface area contributed by atoms with E-state index in [-0.39, 0.29) is 16.3 Å². The van der Waals surface area contributed by atoms with Crippen LogP contribution in [-0.2, 0) is 29.8 Å². The third kappa shape index (κ3) is 10.6. The van der Waals surface area contributed by atoms with E-state index in [0.29, 0.717) is 6.07 Å². The number of hydrogen-bond acceptors (Lipinski definition) is 6. The average Bonchev–Trinajstić information content (AvgIpc) is 2.94. The molecule has 0 aromatic heterocycles. The van der Waals surface area contributed by atoms with Crippen molar-refractivity contribution in [3.63, 3.8) is 0 Å². The normalized spacial score (nSPS) is 14.2. The fraction of sp³-hybridized carbons (Fsp3) is 0.407. The van der Waals surface area contributed by atoms with Crippen molar-refractivity contribution >= 4 is 35.1 Å². The van der Waals surface area contributed by atoms with E-state index in [2.05, 4.69) is 4.74 Å². The molecule has 0 bridgehead atoms. The van der Waals surface area contributed by atoms with Gasteiger partial charge in [-0.1, -0.05) is 49.7 Å². The van der Waals surface area contributed by atoms with Gasteiger partial charge in [-0.25, -0.2) is 0 Å². The maximum atomic E-state index is 14.9. The lowest BCUT2D eigenvalue weighted by molar-refractivity contribution is -0.325. The van der Waals surface area contributed by atoms with Crippen molar-refractivity contribution < 1.29 is 63.8 Å². The summed E-state index contributed by atoms with van der Waals surface area (Å²) in [7, 11) is 1.27. The van der Waals surface area contributed by atoms with E-state index in [1.807, 2.05) is 10.6 Å². The van der Waals surface area contributed by atoms with Gasteiger partial charge in [-0.3, -0.25) is 23.9 Å². The van der Waals surface area contributed by atoms with Crippen LogP contribution in [0.4, 0.5) is 35.1 Å². The number of nitrogens with one attached hydrogen (secondary N) is 3. The number of methoxy groups -OCH3 is 1. The number of hydrogen-bond donors (Lipinski definition) is 3. The van der Waals surface area contributed by atoms with Crippen molar-refractivity contribution in [3.8, 4) is 5.75 Å². The molecular formula is C27H26ClF8N3O6. The molecule has 2 rings (SSSR count). The fourth-order valence-electron chi connectivity index (χ4n) is 3.71. The summed E-state index contributed by atoms with van der Waals surface area (Å²) in [4.78, 5) is 50.8. The van der Waals surface area contributed by atoms with Crippen LogP contribution in [0.15, 0.2) is 48.5 Å². The number of ether oxygens (including phenoxy) is 2. The Morgan fingerprint density at radius 1 is 0.844 bits per heavy atom. The third-order valence-electron chi connectivity index (χ3n) is 6.03. The number of carbonyl (C=O) groups is 4. The molecule has 0 saturated carbocycles. The second kappa shape index (κ2) is 14.9. The van der Waals surface area contributed by atoms with Gasteiger partial charge in [-0.05, 0) is 35.7 Å². The summed E-state index contributed by atoms with van der Waals surface area (Å²) in [6.45, 7) is 0.593. The molecule has 18 heteroatoms. The van der Waals surface area contributed by atoms with Crippen molar-refractivity contribution in [2.24, 2.45) is 5.92 Å². The Balaban J connectivity index is 2.47. The molecular weight excluding hydrogens is 650 g/mol. The molecule has 0 aliphatic rings. The molecule has 2 aromatic rings. The summed E-state index contributed by atoms with van der Waals surface area (Å²) < 4.78 is 116. The number of rotatable bonds is 13. The van der Waals surface area contributed by atoms with Crippen LogP contribution in [0.1, 0.15) is 31.0 Å². The van der Waals surface area contributed by atoms with Gasteiger partial charge in [-0.15, -0.1) is 13.2 Å². The summed E-state index contributed by atoms with van der Waals surface area (Å²) in [5, 5.41) is 5.00. The molecule has 3 amide bonds. The van der Waals surface area contributed by atoms with Crippen molar-refractivity contribution in [2.75, 3.05) is 13.7 Å². The van der Waals surface area contributed by atoms with Gasteiger partial charge < -0.3 is 20.7 Å². The first-order valence-electron chi connectivity index (χ1n) is 12.7. The maximum Gasteiger partial charge on any atom is 0.522 e. The first-order valence-corrected chi connectivity index (χ1v) is 13.1. The predicted molar refractivity (Wildman–Crippen MR) is 141 cm³/mol. The topological polar surface area (TPSA) is 123 Å². The first-order chi connectivity index (χ1) is 20.7. The largest absolute Gasteiger partial charge is 0.522 e. The number of halogens is 9. The Morgan fingerprint density at radius 2 is 1.44 bits per heavy atom. The molecule has 0 saturated heterocycles. The molecule has 45 heavy (non-hydrogen) atoms. The third-order valence-corrected chi connectivity index (χ3v) is 6.27. The van der Waals surface area contributed by atoms with Crippen molar-refractivity contribution in [3.05, 3.63) is 64.7 Å². The summed E-state index contributed by atoms with van der Waals surface area (Å²) in [6.07, 6.45) is -10.8. The van der Waals surface area contributed by atoms with E-state index < -0.39 is 78.2 Å². The molecule has 2 aromatic carbocycles. The standard InChI is InChI=1S/C27H26ClF8N3O6/c1-13(2)19(21(40)26(31,32)33)38-23(42)20(14-7-9-17(44-3)10-8-14)39-22(41)18(12-45-27(34,35)36)37-24(43)25(29,30)15-5-4-6-16(28)11-15/h4-11,13,18-20H,12H2,1-3H3,(H,37,43)(H,38,42)(H,39,41). The Labute approximate surface area is 255 Å². The molecule has 0 heterocycles. The fourth-order valence-corrected chi connectivity index (χ4v) is 3.90. The van der Waals surface area contributed by atoms with Crippen LogP contribution in [0.5, 0.6) is 5.75 Å². The van der Waals surface area contributed by atoms with Crippen molar-refractivity contribution in [2.45, 2.75) is 50.4 Å². The van der Waals surface area contributed by atoms with Gasteiger partial charge in [-0.2, -0.15) is 22.0 Å². The second-order valence-corrected chi connectivity index (χ2v) is 10.1. The van der Waals surface area contributed by atoms with Crippen LogP contribution in [0.3, 0.4) is 0 Å². The zero-order valence-corrected chi connectivity index (χ0v) is 24.2. The highest BCUT2D eigenvalue weighted by Gasteiger charge is 2.46. The summed E-state index contributed by atoms with van der Waals surface area (Å²) in [5.41, 5.74) is -1.16. The van der Waals surface area contributed by atoms with Crippen LogP contribution >= 0.6 is 11.6 Å². The number of amides is 3. The highest BCUT2D eigenvalue weighted by Crippen LogP contribution is 2.30. The molecule has 3 atom stereocenters. The van der Waals surface area contributed by atoms with E-state index in [1.165, 1.54) is 44.5 Å². The number of ketones is 1. The maximum absolute atomic E-state index is 14.9. The molecule has 0 aliphatic carbocycles. The SMILES string of the molecule is COc1ccc(C(NC(=O)C(COC(F)(F)F)NC(=O)C(F)(F)c2cccc(Cl)c2)C(=O)NC(C(=O)C(F)(F)F)C(C)C)cc1. The van der Waals surface area contributed by atoms with Gasteiger partial charge in [0.05, 0.1) is 19.8 Å². The molecule has 248 valence electrons. The monoisotopic (exact) mass is 675 g/mol. The van der Waals surface area contributed by atoms with E-state index in [4.69, 9.17) is 16.3 Å². The van der Waals surface area contributed by atoms with Crippen LogP contribution < -0.4 is 20.7 Å². The minimum Gasteiger partial charge on any atom is -0.497 e. The Bertz CT molecular complexity index is 1370. The van der Waals surface area contributed by atoms with Crippen LogP contribution in [0.2, 0.25) is 5.02 Å². The summed E-state index contributed by atoms with van der Waals surface area (Å²) in [5.74, 6) is -13.1. The minimum atomic E-state index is -5.41. The van der Waals surface area contributed by atoms with E-state index in [0.717, 1.165) is 24.3 Å². The van der Waals surface area contributed by atoms with Crippen LogP contribution in [-0.4, -0.2) is 61.8 Å². The summed E-state index contributed by atoms with van der Waals surface area (Å²) in [6, 6.07) is 1.81. The number of benzene rings is 2. The Hall–Kier alpha value is -3.99. The Morgan fingerprint density at radius 3 is 1.93 bits per heavy atom. The second-order valence-electron chi connectivity index (χ2n) is 9.67. The van der Waals surface area contributed by atoms with Gasteiger partial charge >= 0.3 is 18.5 Å². The smallest absolute Gasteiger partial charge is 0.497 e. The molecule has 0 fully saturated rings. The first kappa shape index (κ1) is 37.2. The van der Waals surface area contributed by atoms with Crippen molar-refractivity contribution in [1.29, 1.82) is 0 Å². The molecule has 0 aliphatic heterocycles. The lowest BCUT2D eigenvalue weighted by atomic mass is 9.97. The molecule has 0 radical (unpaired) electrons. The van der Waals surface area contributed by atoms with E-state index >= 15 is 0 Å². The quantitative estimate of drug-likeness (QED) is 0.267. The number of Topliss-reactive ketones (excluding diaryl/α,β-unsaturated/α-hetero) is 1. The van der Waals surface area contributed by atoms with Gasteiger partial charge in [0.2, 0.25) is 11.8 Å². The Kier molecular flexibility index (Phi) is 12.3. The van der Waals surface area contributed by atoms with Gasteiger partial charge in [0.25, 0.3) is 11.7 Å². The van der Waals surface area contributed by atoms with E-state index in [9.17, 15) is 54.3 Å². The lowest BCUT2D eigenvalue weighted by Crippen LogP contribution is -2.56. The highest BCUT2D eigenvalue weighted by molar-refractivity contribution is 6.30. The molecule has 0 spiro atoms. The van der Waals surface area contributed by atoms with Gasteiger partial charge in [0.1, 0.15) is 17.8 Å². The minimum absolute atomic E-state index is 0.185. The van der Waals surface area contributed by atoms with E-state index in [1.54, 1.807) is 0 Å². The predicted octanol–water partition coefficient (Wildman–Crippen LogP) is 4.59. The lowest BCUT2D eigenvalue weighted by Gasteiger charge is -2.28. The van der Waals surface area contributed by atoms with Gasteiger partial charge in [0, 0.05) is 10.6 Å². The van der Waals surface area contributed by atoms with Crippen molar-refractivity contribution in [1.82, 2.24) is 16.0 Å².